The summed E-state index contributed by atoms with van der Waals surface area (Å²) in [5.41, 5.74) is 2.85. The van der Waals surface area contributed by atoms with E-state index in [1.165, 1.54) is 81.8 Å². The van der Waals surface area contributed by atoms with Crippen LogP contribution in [0.15, 0.2) is 48.5 Å². The van der Waals surface area contributed by atoms with Gasteiger partial charge in [0.25, 0.3) is 0 Å². The largest absolute Gasteiger partial charge is 0.494 e. The second kappa shape index (κ2) is 18.8. The molecule has 1 saturated carbocycles. The lowest BCUT2D eigenvalue weighted by Gasteiger charge is -2.36. The Morgan fingerprint density at radius 2 is 0.864 bits per heavy atom. The Labute approximate surface area is 266 Å². The fraction of sp³-hybridized carbons (Fsp3) is 0.684. The molecule has 0 spiro atoms. The van der Waals surface area contributed by atoms with Gasteiger partial charge < -0.3 is 28.4 Å². The van der Waals surface area contributed by atoms with Crippen molar-refractivity contribution in [3.63, 3.8) is 0 Å². The van der Waals surface area contributed by atoms with Gasteiger partial charge in [-0.15, -0.1) is 0 Å². The van der Waals surface area contributed by atoms with Crippen molar-refractivity contribution in [2.75, 3.05) is 52.9 Å². The Hall–Kier alpha value is -2.12. The summed E-state index contributed by atoms with van der Waals surface area (Å²) in [5, 5.41) is 0. The van der Waals surface area contributed by atoms with Crippen LogP contribution in [0.3, 0.4) is 0 Å². The first-order chi connectivity index (χ1) is 21.8. The second-order valence-electron chi connectivity index (χ2n) is 13.0. The fourth-order valence-electron chi connectivity index (χ4n) is 6.45. The van der Waals surface area contributed by atoms with Crippen LogP contribution >= 0.6 is 0 Å². The van der Waals surface area contributed by atoms with Crippen molar-refractivity contribution in [1.82, 2.24) is 0 Å². The van der Waals surface area contributed by atoms with Crippen LogP contribution in [0.5, 0.6) is 11.5 Å². The van der Waals surface area contributed by atoms with Crippen LogP contribution in [0.4, 0.5) is 0 Å². The Morgan fingerprint density at radius 1 is 0.500 bits per heavy atom. The highest BCUT2D eigenvalue weighted by atomic mass is 16.6. The van der Waals surface area contributed by atoms with E-state index in [4.69, 9.17) is 28.4 Å². The van der Waals surface area contributed by atoms with Gasteiger partial charge in [0.05, 0.1) is 39.6 Å². The molecule has 6 nitrogen and oxygen atoms in total. The quantitative estimate of drug-likeness (QED) is 0.125. The Morgan fingerprint density at radius 3 is 1.25 bits per heavy atom. The number of ether oxygens (including phenoxy) is 6. The number of unbranched alkanes of at least 4 members (excludes halogenated alkanes) is 2. The van der Waals surface area contributed by atoms with Crippen LogP contribution in [-0.4, -0.2) is 65.1 Å². The fourth-order valence-corrected chi connectivity index (χ4v) is 6.45. The molecule has 0 N–H and O–H groups in total. The zero-order valence-corrected chi connectivity index (χ0v) is 27.0. The number of hydrogen-bond acceptors (Lipinski definition) is 6. The predicted molar refractivity (Wildman–Crippen MR) is 175 cm³/mol. The Balaban J connectivity index is 1.17. The average molecular weight is 609 g/mol. The van der Waals surface area contributed by atoms with E-state index in [9.17, 15) is 0 Å². The summed E-state index contributed by atoms with van der Waals surface area (Å²) in [5.74, 6) is 1.92. The van der Waals surface area contributed by atoms with Crippen molar-refractivity contribution in [2.45, 2.75) is 114 Å². The number of epoxide rings is 2. The summed E-state index contributed by atoms with van der Waals surface area (Å²) >= 11 is 0. The second-order valence-corrected chi connectivity index (χ2v) is 13.0. The molecular weight excluding hydrogens is 552 g/mol. The van der Waals surface area contributed by atoms with Crippen molar-refractivity contribution in [2.24, 2.45) is 0 Å². The summed E-state index contributed by atoms with van der Waals surface area (Å²) in [4.78, 5) is 0. The van der Waals surface area contributed by atoms with E-state index in [1.54, 1.807) is 0 Å². The summed E-state index contributed by atoms with van der Waals surface area (Å²) in [6, 6.07) is 18.1. The molecule has 0 aromatic heterocycles. The first-order valence-electron chi connectivity index (χ1n) is 17.7. The first-order valence-corrected chi connectivity index (χ1v) is 17.7. The van der Waals surface area contributed by atoms with Crippen LogP contribution in [0.25, 0.3) is 0 Å². The molecule has 5 rings (SSSR count). The molecule has 1 aliphatic carbocycles. The van der Waals surface area contributed by atoms with E-state index in [0.717, 1.165) is 90.0 Å². The van der Waals surface area contributed by atoms with Crippen molar-refractivity contribution >= 4 is 0 Å². The molecule has 2 saturated heterocycles. The maximum Gasteiger partial charge on any atom is 0.119 e. The van der Waals surface area contributed by atoms with Gasteiger partial charge in [-0.05, 0) is 73.9 Å². The van der Waals surface area contributed by atoms with Crippen molar-refractivity contribution < 1.29 is 28.4 Å². The topological polar surface area (TPSA) is 62.0 Å². The van der Waals surface area contributed by atoms with E-state index in [-0.39, 0.29) is 5.41 Å². The van der Waals surface area contributed by atoms with Crippen molar-refractivity contribution in [1.29, 1.82) is 0 Å². The highest BCUT2D eigenvalue weighted by Gasteiger charge is 2.33. The molecule has 0 bridgehead atoms. The SMILES string of the molecule is c1cc(C2(c3ccc(OCCCCOCC4CO4)cc3)CCCCCCCCCCC2)ccc1OCCCCOCC1CO1. The van der Waals surface area contributed by atoms with E-state index in [2.05, 4.69) is 48.5 Å². The molecule has 2 aromatic rings. The van der Waals surface area contributed by atoms with Crippen molar-refractivity contribution in [3.8, 4) is 11.5 Å². The molecular formula is C38H56O6. The standard InChI is InChI=1S/C38H56O6/c1-2-4-6-8-22-38(23-9-7-5-3-1,32-14-18-34(19-15-32)41-26-12-10-24-39-28-36-30-43-36)33-16-20-35(21-17-33)42-27-13-11-25-40-29-37-31-44-37/h14-21,36-37H,1-13,22-31H2. The normalized spacial score (nSPS) is 22.0. The van der Waals surface area contributed by atoms with Crippen LogP contribution in [0.1, 0.15) is 107 Å². The van der Waals surface area contributed by atoms with Gasteiger partial charge in [0.15, 0.2) is 0 Å². The average Bonchev–Trinajstić information content (AvgIpc) is 3.98. The molecule has 0 radical (unpaired) electrons. The minimum absolute atomic E-state index is 0.0154. The molecule has 2 heterocycles. The van der Waals surface area contributed by atoms with Gasteiger partial charge in [-0.2, -0.15) is 0 Å². The molecule has 3 aliphatic rings. The zero-order chi connectivity index (χ0) is 30.1. The number of hydrogen-bond donors (Lipinski definition) is 0. The van der Waals surface area contributed by atoms with E-state index in [1.807, 2.05) is 0 Å². The third-order valence-electron chi connectivity index (χ3n) is 9.34. The highest BCUT2D eigenvalue weighted by Crippen LogP contribution is 2.43. The van der Waals surface area contributed by atoms with Gasteiger partial charge >= 0.3 is 0 Å². The maximum absolute atomic E-state index is 6.13. The molecule has 3 fully saturated rings. The Kier molecular flexibility index (Phi) is 14.2. The molecule has 0 amide bonds. The molecule has 244 valence electrons. The van der Waals surface area contributed by atoms with Crippen LogP contribution in [0, 0.1) is 0 Å². The monoisotopic (exact) mass is 608 g/mol. The smallest absolute Gasteiger partial charge is 0.119 e. The van der Waals surface area contributed by atoms with Gasteiger partial charge in [-0.25, -0.2) is 0 Å². The minimum Gasteiger partial charge on any atom is -0.494 e. The lowest BCUT2D eigenvalue weighted by molar-refractivity contribution is 0.110. The van der Waals surface area contributed by atoms with Gasteiger partial charge in [0.2, 0.25) is 0 Å². The third kappa shape index (κ3) is 11.7. The van der Waals surface area contributed by atoms with E-state index >= 15 is 0 Å². The Bertz CT molecular complexity index is 947. The van der Waals surface area contributed by atoms with Gasteiger partial charge in [0.1, 0.15) is 23.7 Å². The molecule has 2 aliphatic heterocycles. The molecule has 2 atom stereocenters. The summed E-state index contributed by atoms with van der Waals surface area (Å²) in [6.45, 7) is 6.16. The molecule has 44 heavy (non-hydrogen) atoms. The highest BCUT2D eigenvalue weighted by molar-refractivity contribution is 5.43. The molecule has 6 heteroatoms. The van der Waals surface area contributed by atoms with Crippen LogP contribution in [-0.2, 0) is 24.4 Å². The lowest BCUT2D eigenvalue weighted by atomic mass is 9.67. The van der Waals surface area contributed by atoms with Crippen molar-refractivity contribution in [3.05, 3.63) is 59.7 Å². The van der Waals surface area contributed by atoms with E-state index < -0.39 is 0 Å². The first kappa shape index (κ1) is 33.2. The third-order valence-corrected chi connectivity index (χ3v) is 9.34. The zero-order valence-electron chi connectivity index (χ0n) is 27.0. The summed E-state index contributed by atoms with van der Waals surface area (Å²) in [7, 11) is 0. The molecule has 2 aromatic carbocycles. The van der Waals surface area contributed by atoms with Crippen LogP contribution < -0.4 is 9.47 Å². The minimum atomic E-state index is 0.0154. The number of benzene rings is 2. The maximum atomic E-state index is 6.13. The summed E-state index contributed by atoms with van der Waals surface area (Å²) < 4.78 is 33.9. The van der Waals surface area contributed by atoms with Crippen LogP contribution in [0.2, 0.25) is 0 Å². The predicted octanol–water partition coefficient (Wildman–Crippen LogP) is 8.43. The van der Waals surface area contributed by atoms with Gasteiger partial charge in [-0.1, -0.05) is 82.1 Å². The lowest BCUT2D eigenvalue weighted by Crippen LogP contribution is -2.28. The van der Waals surface area contributed by atoms with E-state index in [0.29, 0.717) is 12.2 Å². The summed E-state index contributed by atoms with van der Waals surface area (Å²) in [6.07, 6.45) is 19.1. The number of rotatable bonds is 18. The molecule has 2 unspecified atom stereocenters. The van der Waals surface area contributed by atoms with Gasteiger partial charge in [0, 0.05) is 18.6 Å². The van der Waals surface area contributed by atoms with Gasteiger partial charge in [-0.3, -0.25) is 0 Å².